The highest BCUT2D eigenvalue weighted by atomic mass is 16.2. The second kappa shape index (κ2) is 7.76. The average molecular weight is 202 g/mol. The van der Waals surface area contributed by atoms with E-state index >= 15 is 0 Å². The lowest BCUT2D eigenvalue weighted by Gasteiger charge is -2.19. The van der Waals surface area contributed by atoms with Gasteiger partial charge in [0.05, 0.1) is 0 Å². The number of rotatable bonds is 7. The zero-order chi connectivity index (χ0) is 11.0. The summed E-state index contributed by atoms with van der Waals surface area (Å²) in [5, 5.41) is 11.4. The normalized spacial score (nSPS) is 12.9. The van der Waals surface area contributed by atoms with Crippen LogP contribution in [0.4, 0.5) is 0 Å². The fourth-order valence-electron chi connectivity index (χ4n) is 0.930. The number of aliphatic hydroxyl groups is 1. The summed E-state index contributed by atoms with van der Waals surface area (Å²) in [5.41, 5.74) is 0. The summed E-state index contributed by atoms with van der Waals surface area (Å²) in [6.45, 7) is 2.92. The Hall–Kier alpha value is -0.610. The number of carbonyl (C=O) groups excluding carboxylic acids is 1. The number of carbonyl (C=O) groups is 1. The molecule has 4 nitrogen and oxygen atoms in total. The van der Waals surface area contributed by atoms with Crippen LogP contribution < -0.4 is 5.32 Å². The zero-order valence-corrected chi connectivity index (χ0v) is 9.42. The second-order valence-electron chi connectivity index (χ2n) is 3.80. The predicted octanol–water partition coefficient (Wildman–Crippen LogP) is 0.215. The molecule has 0 heterocycles. The maximum Gasteiger partial charge on any atom is 0.220 e. The summed E-state index contributed by atoms with van der Waals surface area (Å²) < 4.78 is 0. The van der Waals surface area contributed by atoms with E-state index in [9.17, 15) is 4.79 Å². The lowest BCUT2D eigenvalue weighted by atomic mass is 10.2. The molecule has 0 fully saturated rings. The molecule has 84 valence electrons. The molecule has 0 saturated carbocycles. The molecule has 0 radical (unpaired) electrons. The lowest BCUT2D eigenvalue weighted by molar-refractivity contribution is -0.121. The second-order valence-corrected chi connectivity index (χ2v) is 3.80. The van der Waals surface area contributed by atoms with Gasteiger partial charge < -0.3 is 15.3 Å². The minimum Gasteiger partial charge on any atom is -0.396 e. The van der Waals surface area contributed by atoms with Crippen LogP contribution in [-0.2, 0) is 4.79 Å². The van der Waals surface area contributed by atoms with Crippen molar-refractivity contribution in [3.63, 3.8) is 0 Å². The van der Waals surface area contributed by atoms with E-state index in [1.54, 1.807) is 0 Å². The van der Waals surface area contributed by atoms with E-state index in [0.717, 1.165) is 6.42 Å². The van der Waals surface area contributed by atoms with Crippen molar-refractivity contribution in [2.24, 2.45) is 0 Å². The van der Waals surface area contributed by atoms with Gasteiger partial charge in [-0.05, 0) is 33.9 Å². The highest BCUT2D eigenvalue weighted by Crippen LogP contribution is 1.94. The molecule has 0 saturated heterocycles. The highest BCUT2D eigenvalue weighted by molar-refractivity contribution is 5.75. The summed E-state index contributed by atoms with van der Waals surface area (Å²) in [5.74, 6) is 0.0761. The van der Waals surface area contributed by atoms with Crippen molar-refractivity contribution in [2.45, 2.75) is 32.2 Å². The average Bonchev–Trinajstić information content (AvgIpc) is 2.14. The van der Waals surface area contributed by atoms with Gasteiger partial charge in [-0.15, -0.1) is 0 Å². The first-order chi connectivity index (χ1) is 6.57. The molecular weight excluding hydrogens is 180 g/mol. The molecule has 0 aliphatic heterocycles. The molecule has 14 heavy (non-hydrogen) atoms. The molecule has 1 atom stereocenters. The van der Waals surface area contributed by atoms with Crippen LogP contribution in [0.25, 0.3) is 0 Å². The van der Waals surface area contributed by atoms with E-state index in [4.69, 9.17) is 5.11 Å². The maximum atomic E-state index is 11.2. The van der Waals surface area contributed by atoms with Crippen molar-refractivity contribution >= 4 is 5.91 Å². The van der Waals surface area contributed by atoms with E-state index < -0.39 is 0 Å². The summed E-state index contributed by atoms with van der Waals surface area (Å²) in [6, 6.07) is 0.358. The summed E-state index contributed by atoms with van der Waals surface area (Å²) in [7, 11) is 3.98. The van der Waals surface area contributed by atoms with Crippen LogP contribution >= 0.6 is 0 Å². The van der Waals surface area contributed by atoms with Crippen LogP contribution in [-0.4, -0.2) is 49.2 Å². The van der Waals surface area contributed by atoms with Gasteiger partial charge >= 0.3 is 0 Å². The van der Waals surface area contributed by atoms with Crippen LogP contribution in [0.2, 0.25) is 0 Å². The third kappa shape index (κ3) is 6.86. The highest BCUT2D eigenvalue weighted by Gasteiger charge is 2.06. The van der Waals surface area contributed by atoms with E-state index in [-0.39, 0.29) is 12.5 Å². The number of aliphatic hydroxyl groups excluding tert-OH is 1. The van der Waals surface area contributed by atoms with Crippen molar-refractivity contribution < 1.29 is 9.90 Å². The molecule has 2 N–H and O–H groups in total. The number of amides is 1. The molecule has 1 amide bonds. The fourth-order valence-corrected chi connectivity index (χ4v) is 0.930. The largest absolute Gasteiger partial charge is 0.396 e. The van der Waals surface area contributed by atoms with Gasteiger partial charge in [0.1, 0.15) is 0 Å². The summed E-state index contributed by atoms with van der Waals surface area (Å²) in [4.78, 5) is 13.3. The van der Waals surface area contributed by atoms with E-state index in [1.807, 2.05) is 14.1 Å². The van der Waals surface area contributed by atoms with Gasteiger partial charge in [-0.2, -0.15) is 0 Å². The predicted molar refractivity (Wildman–Crippen MR) is 57.1 cm³/mol. The number of nitrogens with one attached hydrogen (secondary N) is 1. The van der Waals surface area contributed by atoms with Crippen molar-refractivity contribution in [3.05, 3.63) is 0 Å². The first kappa shape index (κ1) is 13.4. The van der Waals surface area contributed by atoms with Crippen molar-refractivity contribution in [3.8, 4) is 0 Å². The SMILES string of the molecule is CC(CNC(=O)CCCCO)N(C)C. The van der Waals surface area contributed by atoms with Crippen molar-refractivity contribution in [2.75, 3.05) is 27.2 Å². The van der Waals surface area contributed by atoms with Crippen LogP contribution in [0.3, 0.4) is 0 Å². The summed E-state index contributed by atoms with van der Waals surface area (Å²) in [6.07, 6.45) is 1.98. The van der Waals surface area contributed by atoms with Crippen LogP contribution in [0.15, 0.2) is 0 Å². The Kier molecular flexibility index (Phi) is 7.42. The zero-order valence-electron chi connectivity index (χ0n) is 9.42. The standard InChI is InChI=1S/C10H22N2O2/c1-9(12(2)3)8-11-10(14)6-4-5-7-13/h9,13H,4-8H2,1-3H3,(H,11,14). The Morgan fingerprint density at radius 1 is 1.43 bits per heavy atom. The van der Waals surface area contributed by atoms with E-state index in [1.165, 1.54) is 0 Å². The van der Waals surface area contributed by atoms with Crippen molar-refractivity contribution in [1.29, 1.82) is 0 Å². The molecule has 0 bridgehead atoms. The molecule has 0 aromatic rings. The Balaban J connectivity index is 3.44. The van der Waals surface area contributed by atoms with E-state index in [2.05, 4.69) is 17.1 Å². The maximum absolute atomic E-state index is 11.2. The monoisotopic (exact) mass is 202 g/mol. The number of hydrogen-bond acceptors (Lipinski definition) is 3. The van der Waals surface area contributed by atoms with E-state index in [0.29, 0.717) is 25.4 Å². The Morgan fingerprint density at radius 2 is 2.07 bits per heavy atom. The molecule has 0 aliphatic carbocycles. The van der Waals surface area contributed by atoms with Gasteiger partial charge in [0, 0.05) is 25.6 Å². The van der Waals surface area contributed by atoms with Gasteiger partial charge in [-0.25, -0.2) is 0 Å². The van der Waals surface area contributed by atoms with Gasteiger partial charge in [0.25, 0.3) is 0 Å². The van der Waals surface area contributed by atoms with Crippen LogP contribution in [0, 0.1) is 0 Å². The Labute approximate surface area is 86.3 Å². The quantitative estimate of drug-likeness (QED) is 0.580. The van der Waals surface area contributed by atoms with Gasteiger partial charge in [0.2, 0.25) is 5.91 Å². The Bertz CT molecular complexity index is 160. The third-order valence-electron chi connectivity index (χ3n) is 2.29. The topological polar surface area (TPSA) is 52.6 Å². The summed E-state index contributed by atoms with van der Waals surface area (Å²) >= 11 is 0. The number of hydrogen-bond donors (Lipinski definition) is 2. The lowest BCUT2D eigenvalue weighted by Crippen LogP contribution is -2.38. The smallest absolute Gasteiger partial charge is 0.220 e. The van der Waals surface area contributed by atoms with Crippen molar-refractivity contribution in [1.82, 2.24) is 10.2 Å². The first-order valence-electron chi connectivity index (χ1n) is 5.12. The number of unbranched alkanes of at least 4 members (excludes halogenated alkanes) is 1. The van der Waals surface area contributed by atoms with Crippen LogP contribution in [0.5, 0.6) is 0 Å². The third-order valence-corrected chi connectivity index (χ3v) is 2.29. The molecule has 0 aromatic heterocycles. The minimum atomic E-state index is 0.0761. The molecular formula is C10H22N2O2. The molecule has 0 rings (SSSR count). The van der Waals surface area contributed by atoms with Gasteiger partial charge in [0.15, 0.2) is 0 Å². The minimum absolute atomic E-state index is 0.0761. The molecule has 0 aromatic carbocycles. The van der Waals surface area contributed by atoms with Gasteiger partial charge in [-0.3, -0.25) is 4.79 Å². The number of nitrogens with zero attached hydrogens (tertiary/aromatic N) is 1. The first-order valence-corrected chi connectivity index (χ1v) is 5.12. The fraction of sp³-hybridized carbons (Fsp3) is 0.900. The molecule has 4 heteroatoms. The van der Waals surface area contributed by atoms with Crippen LogP contribution in [0.1, 0.15) is 26.2 Å². The molecule has 1 unspecified atom stereocenters. The number of likely N-dealkylation sites (N-methyl/N-ethyl adjacent to an activating group) is 1. The molecule has 0 aliphatic rings. The Morgan fingerprint density at radius 3 is 2.57 bits per heavy atom. The van der Waals surface area contributed by atoms with Gasteiger partial charge in [-0.1, -0.05) is 0 Å². The molecule has 0 spiro atoms.